The van der Waals surface area contributed by atoms with Gasteiger partial charge in [0.05, 0.1) is 0 Å². The maximum Gasteiger partial charge on any atom is 0.136 e. The molecule has 0 radical (unpaired) electrons. The molecule has 3 unspecified atom stereocenters. The molecule has 2 nitrogen and oxygen atoms in total. The molecular weight excluding hydrogens is 174 g/mol. The third-order valence-corrected chi connectivity index (χ3v) is 4.38. The molecule has 1 saturated carbocycles. The third-order valence-electron chi connectivity index (χ3n) is 4.38. The fourth-order valence-corrected chi connectivity index (χ4v) is 3.49. The van der Waals surface area contributed by atoms with Crippen molar-refractivity contribution in [3.8, 4) is 0 Å². The lowest BCUT2D eigenvalue weighted by Crippen LogP contribution is -2.48. The van der Waals surface area contributed by atoms with Crippen LogP contribution in [0.3, 0.4) is 0 Å². The van der Waals surface area contributed by atoms with Crippen LogP contribution < -0.4 is 0 Å². The van der Waals surface area contributed by atoms with Gasteiger partial charge in [0.15, 0.2) is 0 Å². The zero-order chi connectivity index (χ0) is 9.71. The monoisotopic (exact) mass is 193 g/mol. The number of ketones is 1. The average Bonchev–Trinajstić information content (AvgIpc) is 2.92. The maximum atomic E-state index is 11.5. The van der Waals surface area contributed by atoms with Crippen molar-refractivity contribution in [2.24, 2.45) is 5.92 Å². The Bertz CT molecular complexity index is 243. The normalized spacial score (nSPS) is 40.2. The topological polar surface area (TPSA) is 20.3 Å². The molecule has 14 heavy (non-hydrogen) atoms. The molecular formula is C12H19NO. The van der Waals surface area contributed by atoms with Crippen LogP contribution >= 0.6 is 0 Å². The van der Waals surface area contributed by atoms with Gasteiger partial charge in [-0.05, 0) is 38.5 Å². The molecule has 2 aliphatic heterocycles. The van der Waals surface area contributed by atoms with Crippen LogP contribution in [0, 0.1) is 5.92 Å². The summed E-state index contributed by atoms with van der Waals surface area (Å²) in [4.78, 5) is 14.1. The molecule has 3 aliphatic rings. The number of fused-ring (bicyclic) bond motifs is 2. The highest BCUT2D eigenvalue weighted by Gasteiger charge is 2.45. The number of hydrogen-bond acceptors (Lipinski definition) is 2. The van der Waals surface area contributed by atoms with Gasteiger partial charge in [-0.15, -0.1) is 0 Å². The van der Waals surface area contributed by atoms with Crippen LogP contribution in [0.2, 0.25) is 0 Å². The molecule has 0 aromatic rings. The molecule has 2 heteroatoms. The second kappa shape index (κ2) is 3.06. The Morgan fingerprint density at radius 2 is 1.71 bits per heavy atom. The summed E-state index contributed by atoms with van der Waals surface area (Å²) in [5.41, 5.74) is 0. The summed E-state index contributed by atoms with van der Waals surface area (Å²) in [5.74, 6) is 1.46. The molecule has 0 aromatic carbocycles. The van der Waals surface area contributed by atoms with Crippen molar-refractivity contribution < 1.29 is 4.79 Å². The molecule has 1 aliphatic carbocycles. The molecule has 3 fully saturated rings. The molecule has 2 saturated heterocycles. The lowest BCUT2D eigenvalue weighted by atomic mass is 9.98. The Hall–Kier alpha value is -0.370. The van der Waals surface area contributed by atoms with Crippen molar-refractivity contribution >= 4 is 5.78 Å². The molecule has 0 aromatic heterocycles. The van der Waals surface area contributed by atoms with Crippen LogP contribution in [-0.2, 0) is 4.79 Å². The van der Waals surface area contributed by atoms with Crippen LogP contribution in [-0.4, -0.2) is 28.8 Å². The Morgan fingerprint density at radius 3 is 2.21 bits per heavy atom. The van der Waals surface area contributed by atoms with E-state index in [1.807, 2.05) is 0 Å². The first kappa shape index (κ1) is 8.90. The summed E-state index contributed by atoms with van der Waals surface area (Å²) >= 11 is 0. The van der Waals surface area contributed by atoms with E-state index in [0.29, 0.717) is 17.9 Å². The van der Waals surface area contributed by atoms with Crippen molar-refractivity contribution in [1.82, 2.24) is 4.90 Å². The highest BCUT2D eigenvalue weighted by atomic mass is 16.1. The van der Waals surface area contributed by atoms with Crippen molar-refractivity contribution in [2.45, 2.75) is 63.6 Å². The number of nitrogens with zero attached hydrogens (tertiary/aromatic N) is 1. The summed E-state index contributed by atoms with van der Waals surface area (Å²) in [6.45, 7) is 2.37. The summed E-state index contributed by atoms with van der Waals surface area (Å²) in [6.07, 6.45) is 7.07. The van der Waals surface area contributed by atoms with Crippen LogP contribution in [0.1, 0.15) is 45.4 Å². The van der Waals surface area contributed by atoms with Gasteiger partial charge in [-0.3, -0.25) is 9.69 Å². The summed E-state index contributed by atoms with van der Waals surface area (Å²) < 4.78 is 0. The molecule has 2 heterocycles. The first-order valence-corrected chi connectivity index (χ1v) is 6.05. The van der Waals surface area contributed by atoms with E-state index in [4.69, 9.17) is 0 Å². The predicted molar refractivity (Wildman–Crippen MR) is 55.1 cm³/mol. The van der Waals surface area contributed by atoms with Gasteiger partial charge in [0.2, 0.25) is 0 Å². The Balaban J connectivity index is 1.76. The van der Waals surface area contributed by atoms with Crippen molar-refractivity contribution in [1.29, 1.82) is 0 Å². The second-order valence-corrected chi connectivity index (χ2v) is 5.36. The van der Waals surface area contributed by atoms with Gasteiger partial charge >= 0.3 is 0 Å². The fraction of sp³-hybridized carbons (Fsp3) is 0.917. The Kier molecular flexibility index (Phi) is 1.94. The standard InChI is InChI=1S/C12H19NO/c1-8(9-2-3-9)13-10-4-5-11(13)7-12(14)6-10/h8-11H,2-7H2,1H3. The molecule has 0 N–H and O–H groups in total. The van der Waals surface area contributed by atoms with Gasteiger partial charge in [0.1, 0.15) is 5.78 Å². The van der Waals surface area contributed by atoms with Crippen LogP contribution in [0.15, 0.2) is 0 Å². The number of rotatable bonds is 2. The summed E-state index contributed by atoms with van der Waals surface area (Å²) in [5, 5.41) is 0. The van der Waals surface area contributed by atoms with E-state index in [2.05, 4.69) is 11.8 Å². The highest BCUT2D eigenvalue weighted by molar-refractivity contribution is 5.81. The first-order valence-electron chi connectivity index (χ1n) is 6.05. The largest absolute Gasteiger partial charge is 0.300 e. The molecule has 0 amide bonds. The van der Waals surface area contributed by atoms with E-state index in [1.165, 1.54) is 25.7 Å². The number of Topliss-reactive ketones (excluding diaryl/α,β-unsaturated/α-hetero) is 1. The highest BCUT2D eigenvalue weighted by Crippen LogP contribution is 2.42. The molecule has 2 bridgehead atoms. The van der Waals surface area contributed by atoms with Crippen LogP contribution in [0.4, 0.5) is 0 Å². The minimum Gasteiger partial charge on any atom is -0.300 e. The SMILES string of the molecule is CC(C1CC1)N1C2CCC1CC(=O)C2. The number of carbonyl (C=O) groups excluding carboxylic acids is 1. The van der Waals surface area contributed by atoms with E-state index in [1.54, 1.807) is 0 Å². The quantitative estimate of drug-likeness (QED) is 0.668. The van der Waals surface area contributed by atoms with E-state index in [0.717, 1.165) is 24.8 Å². The first-order chi connectivity index (χ1) is 6.75. The van der Waals surface area contributed by atoms with E-state index in [-0.39, 0.29) is 0 Å². The van der Waals surface area contributed by atoms with Gasteiger partial charge in [0.25, 0.3) is 0 Å². The summed E-state index contributed by atoms with van der Waals surface area (Å²) in [6, 6.07) is 1.97. The average molecular weight is 193 g/mol. The fourth-order valence-electron chi connectivity index (χ4n) is 3.49. The number of carbonyl (C=O) groups is 1. The Morgan fingerprint density at radius 1 is 1.14 bits per heavy atom. The summed E-state index contributed by atoms with van der Waals surface area (Å²) in [7, 11) is 0. The molecule has 0 spiro atoms. The van der Waals surface area contributed by atoms with Gasteiger partial charge in [-0.25, -0.2) is 0 Å². The Labute approximate surface area is 85.7 Å². The van der Waals surface area contributed by atoms with Crippen LogP contribution in [0.25, 0.3) is 0 Å². The minimum absolute atomic E-state index is 0.511. The van der Waals surface area contributed by atoms with Gasteiger partial charge in [-0.2, -0.15) is 0 Å². The van der Waals surface area contributed by atoms with Crippen molar-refractivity contribution in [2.75, 3.05) is 0 Å². The lowest BCUT2D eigenvalue weighted by Gasteiger charge is -2.38. The maximum absolute atomic E-state index is 11.5. The zero-order valence-corrected chi connectivity index (χ0v) is 8.91. The van der Waals surface area contributed by atoms with Crippen LogP contribution in [0.5, 0.6) is 0 Å². The van der Waals surface area contributed by atoms with Crippen molar-refractivity contribution in [3.05, 3.63) is 0 Å². The smallest absolute Gasteiger partial charge is 0.136 e. The zero-order valence-electron chi connectivity index (χ0n) is 8.91. The second-order valence-electron chi connectivity index (χ2n) is 5.36. The molecule has 78 valence electrons. The van der Waals surface area contributed by atoms with Crippen molar-refractivity contribution in [3.63, 3.8) is 0 Å². The lowest BCUT2D eigenvalue weighted by molar-refractivity contribution is -0.124. The van der Waals surface area contributed by atoms with E-state index in [9.17, 15) is 4.79 Å². The molecule has 3 atom stereocenters. The van der Waals surface area contributed by atoms with Gasteiger partial charge < -0.3 is 0 Å². The third kappa shape index (κ3) is 1.31. The van der Waals surface area contributed by atoms with Gasteiger partial charge in [0, 0.05) is 31.0 Å². The number of piperidine rings is 1. The number of hydrogen-bond donors (Lipinski definition) is 0. The predicted octanol–water partition coefficient (Wildman–Crippen LogP) is 1.98. The minimum atomic E-state index is 0.511. The van der Waals surface area contributed by atoms with E-state index < -0.39 is 0 Å². The van der Waals surface area contributed by atoms with E-state index >= 15 is 0 Å². The molecule has 3 rings (SSSR count). The van der Waals surface area contributed by atoms with Gasteiger partial charge in [-0.1, -0.05) is 0 Å².